The van der Waals surface area contributed by atoms with Gasteiger partial charge in [0, 0.05) is 36.9 Å². The summed E-state index contributed by atoms with van der Waals surface area (Å²) in [5.41, 5.74) is 3.16. The van der Waals surface area contributed by atoms with Gasteiger partial charge in [-0.3, -0.25) is 10.1 Å². The largest absolute Gasteiger partial charge is 0.465 e. The smallest absolute Gasteiger partial charge is 0.405 e. The summed E-state index contributed by atoms with van der Waals surface area (Å²) in [6.45, 7) is 1.41. The van der Waals surface area contributed by atoms with Crippen LogP contribution in [0.25, 0.3) is 0 Å². The molecule has 46 heavy (non-hydrogen) atoms. The van der Waals surface area contributed by atoms with Gasteiger partial charge in [-0.1, -0.05) is 78.9 Å². The van der Waals surface area contributed by atoms with Crippen molar-refractivity contribution in [1.29, 1.82) is 0 Å². The predicted octanol–water partition coefficient (Wildman–Crippen LogP) is 3.99. The van der Waals surface area contributed by atoms with E-state index in [1.54, 1.807) is 12.1 Å². The molecular formula is C34H37N7O5. The van der Waals surface area contributed by atoms with Gasteiger partial charge in [0.1, 0.15) is 6.04 Å². The molecule has 12 heteroatoms. The highest BCUT2D eigenvalue weighted by atomic mass is 16.5. The van der Waals surface area contributed by atoms with Gasteiger partial charge in [0.2, 0.25) is 5.91 Å². The van der Waals surface area contributed by atoms with E-state index in [-0.39, 0.29) is 18.2 Å². The molecular weight excluding hydrogens is 586 g/mol. The summed E-state index contributed by atoms with van der Waals surface area (Å²) < 4.78 is 6.08. The van der Waals surface area contributed by atoms with Gasteiger partial charge in [-0.25, -0.2) is 9.59 Å². The SMILES string of the molecule is O=C(O)N[C@H](C(=O)Nc1ccccc1CC[C@@H]1CN[C@H](CNC(=O)Nc2cccnn2)CO1)C(c1ccccc1)c1ccccc1. The number of nitrogens with one attached hydrogen (secondary N) is 5. The second-order valence-electron chi connectivity index (χ2n) is 10.9. The molecule has 2 heterocycles. The zero-order chi connectivity index (χ0) is 32.1. The molecule has 5 rings (SSSR count). The average molecular weight is 624 g/mol. The number of nitrogens with zero attached hydrogens (tertiary/aromatic N) is 2. The van der Waals surface area contributed by atoms with E-state index >= 15 is 0 Å². The van der Waals surface area contributed by atoms with Crippen LogP contribution in [0.15, 0.2) is 103 Å². The third-order valence-electron chi connectivity index (χ3n) is 7.71. The van der Waals surface area contributed by atoms with Crippen LogP contribution in [0.2, 0.25) is 0 Å². The lowest BCUT2D eigenvalue weighted by atomic mass is 9.84. The van der Waals surface area contributed by atoms with Gasteiger partial charge in [-0.15, -0.1) is 5.10 Å². The first kappa shape index (κ1) is 32.1. The summed E-state index contributed by atoms with van der Waals surface area (Å²) in [6.07, 6.45) is 1.51. The zero-order valence-corrected chi connectivity index (χ0v) is 25.1. The van der Waals surface area contributed by atoms with Crippen LogP contribution in [0, 0.1) is 0 Å². The van der Waals surface area contributed by atoms with E-state index in [1.165, 1.54) is 6.20 Å². The fraction of sp³-hybridized carbons (Fsp3) is 0.265. The van der Waals surface area contributed by atoms with Crippen molar-refractivity contribution in [3.63, 3.8) is 0 Å². The Kier molecular flexibility index (Phi) is 11.2. The third kappa shape index (κ3) is 9.10. The lowest BCUT2D eigenvalue weighted by Crippen LogP contribution is -2.52. The number of morpholine rings is 1. The maximum atomic E-state index is 13.8. The maximum Gasteiger partial charge on any atom is 0.405 e. The Balaban J connectivity index is 1.18. The number of aryl methyl sites for hydroxylation is 1. The fourth-order valence-corrected chi connectivity index (χ4v) is 5.45. The molecule has 6 N–H and O–H groups in total. The van der Waals surface area contributed by atoms with Crippen molar-refractivity contribution < 1.29 is 24.2 Å². The van der Waals surface area contributed by atoms with E-state index in [0.717, 1.165) is 16.7 Å². The minimum absolute atomic E-state index is 0.0451. The lowest BCUT2D eigenvalue weighted by molar-refractivity contribution is -0.118. The Bertz CT molecular complexity index is 1530. The van der Waals surface area contributed by atoms with E-state index < -0.39 is 24.0 Å². The monoisotopic (exact) mass is 623 g/mol. The fourth-order valence-electron chi connectivity index (χ4n) is 5.45. The van der Waals surface area contributed by atoms with Crippen LogP contribution in [0.5, 0.6) is 0 Å². The molecule has 1 saturated heterocycles. The second kappa shape index (κ2) is 16.1. The predicted molar refractivity (Wildman–Crippen MR) is 174 cm³/mol. The first-order valence-corrected chi connectivity index (χ1v) is 15.1. The summed E-state index contributed by atoms with van der Waals surface area (Å²) in [5.74, 6) is -0.639. The Morgan fingerprint density at radius 1 is 0.891 bits per heavy atom. The normalized spacial score (nSPS) is 16.6. The van der Waals surface area contributed by atoms with Crippen LogP contribution in [-0.4, -0.2) is 71.2 Å². The number of carbonyl (C=O) groups is 3. The number of carboxylic acid groups (broad SMARTS) is 1. The molecule has 12 nitrogen and oxygen atoms in total. The lowest BCUT2D eigenvalue weighted by Gasteiger charge is -2.31. The van der Waals surface area contributed by atoms with Gasteiger partial charge in [0.15, 0.2) is 5.82 Å². The number of hydrogen-bond donors (Lipinski definition) is 6. The highest BCUT2D eigenvalue weighted by Gasteiger charge is 2.33. The summed E-state index contributed by atoms with van der Waals surface area (Å²) in [6, 6.07) is 28.1. The number of carbonyl (C=O) groups excluding carboxylic acids is 2. The molecule has 0 aliphatic carbocycles. The number of para-hydroxylation sites is 1. The topological polar surface area (TPSA) is 167 Å². The Labute approximate surface area is 267 Å². The minimum atomic E-state index is -1.29. The van der Waals surface area contributed by atoms with Gasteiger partial charge in [-0.2, -0.15) is 5.10 Å². The minimum Gasteiger partial charge on any atom is -0.465 e. The number of anilines is 2. The number of ether oxygens (including phenoxy) is 1. The van der Waals surface area contributed by atoms with Crippen molar-refractivity contribution >= 4 is 29.5 Å². The molecule has 0 saturated carbocycles. The number of amides is 4. The number of urea groups is 1. The van der Waals surface area contributed by atoms with E-state index in [2.05, 4.69) is 36.8 Å². The van der Waals surface area contributed by atoms with Gasteiger partial charge in [-0.05, 0) is 47.7 Å². The quantitative estimate of drug-likeness (QED) is 0.138. The van der Waals surface area contributed by atoms with Gasteiger partial charge in [0.05, 0.1) is 12.7 Å². The third-order valence-corrected chi connectivity index (χ3v) is 7.71. The highest BCUT2D eigenvalue weighted by Crippen LogP contribution is 2.29. The molecule has 1 aliphatic heterocycles. The number of aromatic nitrogens is 2. The summed E-state index contributed by atoms with van der Waals surface area (Å²) in [5, 5.41) is 31.6. The second-order valence-corrected chi connectivity index (χ2v) is 10.9. The molecule has 0 spiro atoms. The molecule has 4 aromatic rings. The Morgan fingerprint density at radius 3 is 2.22 bits per heavy atom. The van der Waals surface area contributed by atoms with Crippen molar-refractivity contribution in [2.75, 3.05) is 30.3 Å². The Hall–Kier alpha value is -5.33. The van der Waals surface area contributed by atoms with Gasteiger partial charge < -0.3 is 31.1 Å². The molecule has 0 radical (unpaired) electrons. The molecule has 0 bridgehead atoms. The van der Waals surface area contributed by atoms with Gasteiger partial charge in [0.25, 0.3) is 0 Å². The Morgan fingerprint density at radius 2 is 1.59 bits per heavy atom. The summed E-state index contributed by atoms with van der Waals surface area (Å²) in [7, 11) is 0. The number of benzene rings is 3. The van der Waals surface area contributed by atoms with Crippen molar-refractivity contribution in [2.24, 2.45) is 0 Å². The average Bonchev–Trinajstić information content (AvgIpc) is 3.08. The molecule has 1 fully saturated rings. The van der Waals surface area contributed by atoms with E-state index in [4.69, 9.17) is 4.74 Å². The van der Waals surface area contributed by atoms with Crippen LogP contribution < -0.4 is 26.6 Å². The van der Waals surface area contributed by atoms with Crippen LogP contribution in [0.3, 0.4) is 0 Å². The first-order chi connectivity index (χ1) is 22.5. The highest BCUT2D eigenvalue weighted by molar-refractivity contribution is 5.98. The van der Waals surface area contributed by atoms with Gasteiger partial charge >= 0.3 is 12.1 Å². The van der Waals surface area contributed by atoms with Crippen molar-refractivity contribution in [2.45, 2.75) is 36.9 Å². The standard InChI is InChI=1S/C34H37N7O5/c42-32(31(40-34(44)45)30(24-11-3-1-4-12-24)25-13-5-2-6-14-25)38-28-15-8-7-10-23(28)17-18-27-21-35-26(22-46-27)20-36-33(43)39-29-16-9-19-37-41-29/h1-16,19,26-27,30-31,35,40H,17-18,20-22H2,(H,38,42)(H,44,45)(H2,36,39,41,43)/t26-,27-,31+/m1/s1. The molecule has 1 aromatic heterocycles. The maximum absolute atomic E-state index is 13.8. The molecule has 4 amide bonds. The number of rotatable bonds is 12. The van der Waals surface area contributed by atoms with Crippen molar-refractivity contribution in [3.8, 4) is 0 Å². The number of hydrogen-bond acceptors (Lipinski definition) is 7. The molecule has 1 aliphatic rings. The molecule has 238 valence electrons. The van der Waals surface area contributed by atoms with E-state index in [1.807, 2.05) is 84.9 Å². The molecule has 0 unspecified atom stereocenters. The van der Waals surface area contributed by atoms with E-state index in [9.17, 15) is 19.5 Å². The summed E-state index contributed by atoms with van der Waals surface area (Å²) in [4.78, 5) is 37.9. The van der Waals surface area contributed by atoms with Crippen LogP contribution in [-0.2, 0) is 16.0 Å². The van der Waals surface area contributed by atoms with Crippen LogP contribution >= 0.6 is 0 Å². The van der Waals surface area contributed by atoms with Crippen molar-refractivity contribution in [1.82, 2.24) is 26.1 Å². The zero-order valence-electron chi connectivity index (χ0n) is 25.1. The summed E-state index contributed by atoms with van der Waals surface area (Å²) >= 11 is 0. The molecule has 3 aromatic carbocycles. The van der Waals surface area contributed by atoms with Crippen molar-refractivity contribution in [3.05, 3.63) is 120 Å². The molecule has 3 atom stereocenters. The van der Waals surface area contributed by atoms with E-state index in [0.29, 0.717) is 44.0 Å². The van der Waals surface area contributed by atoms with Crippen LogP contribution in [0.4, 0.5) is 21.1 Å². The van der Waals surface area contributed by atoms with Crippen LogP contribution in [0.1, 0.15) is 29.0 Å². The first-order valence-electron chi connectivity index (χ1n) is 15.1.